The third kappa shape index (κ3) is 4.12. The molecule has 1 fully saturated rings. The topological polar surface area (TPSA) is 115 Å². The number of likely N-dealkylation sites (tertiary alicyclic amines) is 1. The van der Waals surface area contributed by atoms with Crippen molar-refractivity contribution in [2.24, 2.45) is 0 Å². The Bertz CT molecular complexity index is 1510. The van der Waals surface area contributed by atoms with E-state index in [-0.39, 0.29) is 17.9 Å². The second kappa shape index (κ2) is 9.18. The molecule has 0 aliphatic carbocycles. The number of pyridine rings is 1. The molecular weight excluding hydrogens is 474 g/mol. The number of hydrogen-bond acceptors (Lipinski definition) is 7. The summed E-state index contributed by atoms with van der Waals surface area (Å²) < 4.78 is 1.75. The summed E-state index contributed by atoms with van der Waals surface area (Å²) in [6, 6.07) is 12.8. The highest BCUT2D eigenvalue weighted by Crippen LogP contribution is 2.34. The maximum absolute atomic E-state index is 13.4. The third-order valence-electron chi connectivity index (χ3n) is 6.68. The van der Waals surface area contributed by atoms with E-state index in [2.05, 4.69) is 26.7 Å². The molecule has 1 unspecified atom stereocenters. The average molecular weight is 498 g/mol. The second-order valence-corrected chi connectivity index (χ2v) is 10.1. The van der Waals surface area contributed by atoms with Gasteiger partial charge in [0, 0.05) is 48.9 Å². The van der Waals surface area contributed by atoms with Crippen molar-refractivity contribution >= 4 is 33.9 Å². The molecule has 0 bridgehead atoms. The molecule has 1 atom stereocenters. The number of aromatic nitrogens is 3. The van der Waals surface area contributed by atoms with Crippen LogP contribution in [0.25, 0.3) is 5.65 Å². The summed E-state index contributed by atoms with van der Waals surface area (Å²) in [5.41, 5.74) is 3.91. The van der Waals surface area contributed by atoms with Crippen LogP contribution < -0.4 is 10.6 Å². The molecular formula is C26H23N7O2S. The number of rotatable bonds is 4. The summed E-state index contributed by atoms with van der Waals surface area (Å²) in [6.07, 6.45) is 5.98. The van der Waals surface area contributed by atoms with Gasteiger partial charge in [-0.1, -0.05) is 12.1 Å². The first-order chi connectivity index (χ1) is 17.6. The smallest absolute Gasteiger partial charge is 0.274 e. The number of hydrogen-bond donors (Lipinski definition) is 2. The van der Waals surface area contributed by atoms with Crippen LogP contribution >= 0.6 is 11.3 Å². The fourth-order valence-electron chi connectivity index (χ4n) is 4.89. The lowest BCUT2D eigenvalue weighted by molar-refractivity contribution is 0.0730. The number of thiazole rings is 1. The third-order valence-corrected chi connectivity index (χ3v) is 7.69. The molecule has 5 heterocycles. The zero-order valence-electron chi connectivity index (χ0n) is 19.4. The number of nitrogens with zero attached hydrogens (tertiary/aromatic N) is 5. The summed E-state index contributed by atoms with van der Waals surface area (Å²) in [7, 11) is 0. The first-order valence-electron chi connectivity index (χ1n) is 11.9. The predicted molar refractivity (Wildman–Crippen MR) is 135 cm³/mol. The SMILES string of the molecule is N#Cc1ccn2cc(C(=O)N3CCCC3c3cccc(C(=O)Nc4nc5c(s4)CNCC5)c3)nc2c1. The van der Waals surface area contributed by atoms with Crippen LogP contribution in [-0.2, 0) is 13.0 Å². The number of nitrogens with one attached hydrogen (secondary N) is 2. The second-order valence-electron chi connectivity index (χ2n) is 8.97. The van der Waals surface area contributed by atoms with Gasteiger partial charge >= 0.3 is 0 Å². The number of anilines is 1. The lowest BCUT2D eigenvalue weighted by Crippen LogP contribution is -2.31. The van der Waals surface area contributed by atoms with E-state index in [1.54, 1.807) is 35.0 Å². The van der Waals surface area contributed by atoms with Gasteiger partial charge in [-0.15, -0.1) is 11.3 Å². The Morgan fingerprint density at radius 1 is 1.22 bits per heavy atom. The van der Waals surface area contributed by atoms with Gasteiger partial charge in [0.15, 0.2) is 5.13 Å². The van der Waals surface area contributed by atoms with Gasteiger partial charge in [0.2, 0.25) is 0 Å². The quantitative estimate of drug-likeness (QED) is 0.446. The van der Waals surface area contributed by atoms with Crippen molar-refractivity contribution in [3.8, 4) is 6.07 Å². The van der Waals surface area contributed by atoms with E-state index in [1.807, 2.05) is 23.1 Å². The number of nitriles is 1. The monoisotopic (exact) mass is 497 g/mol. The van der Waals surface area contributed by atoms with Gasteiger partial charge in [-0.3, -0.25) is 14.9 Å². The van der Waals surface area contributed by atoms with Crippen molar-refractivity contribution in [3.05, 3.63) is 81.7 Å². The lowest BCUT2D eigenvalue weighted by atomic mass is 10.0. The van der Waals surface area contributed by atoms with Crippen molar-refractivity contribution < 1.29 is 9.59 Å². The highest BCUT2D eigenvalue weighted by atomic mass is 32.1. The van der Waals surface area contributed by atoms with Crippen LogP contribution in [0.15, 0.2) is 48.8 Å². The Kier molecular flexibility index (Phi) is 5.71. The van der Waals surface area contributed by atoms with Crippen LogP contribution in [-0.4, -0.2) is 44.2 Å². The van der Waals surface area contributed by atoms with Gasteiger partial charge in [-0.05, 0) is 42.7 Å². The minimum Gasteiger partial charge on any atom is -0.330 e. The normalized spacial score (nSPS) is 17.1. The Balaban J connectivity index is 1.21. The van der Waals surface area contributed by atoms with Gasteiger partial charge < -0.3 is 14.6 Å². The van der Waals surface area contributed by atoms with Crippen molar-refractivity contribution in [1.29, 1.82) is 5.26 Å². The van der Waals surface area contributed by atoms with Crippen molar-refractivity contribution in [3.63, 3.8) is 0 Å². The summed E-state index contributed by atoms with van der Waals surface area (Å²) in [5.74, 6) is -0.364. The molecule has 2 aliphatic rings. The van der Waals surface area contributed by atoms with E-state index in [0.717, 1.165) is 43.6 Å². The fraction of sp³-hybridized carbons (Fsp3) is 0.269. The van der Waals surface area contributed by atoms with E-state index < -0.39 is 0 Å². The van der Waals surface area contributed by atoms with E-state index in [9.17, 15) is 9.59 Å². The molecule has 10 heteroatoms. The van der Waals surface area contributed by atoms with Gasteiger partial charge in [-0.25, -0.2) is 9.97 Å². The molecule has 1 saturated heterocycles. The average Bonchev–Trinajstić information content (AvgIpc) is 3.65. The number of benzene rings is 1. The maximum Gasteiger partial charge on any atom is 0.274 e. The van der Waals surface area contributed by atoms with Crippen LogP contribution in [0.4, 0.5) is 5.13 Å². The standard InChI is InChI=1S/C26H23N7O2S/c27-13-16-7-10-32-15-20(29-23(32)11-16)25(35)33-9-2-5-21(33)17-3-1-4-18(12-17)24(34)31-26-30-19-6-8-28-14-22(19)36-26/h1,3-4,7,10-12,15,21,28H,2,5-6,8-9,14H2,(H,30,31,34). The molecule has 4 aromatic rings. The van der Waals surface area contributed by atoms with E-state index in [4.69, 9.17) is 5.26 Å². The number of amides is 2. The Hall–Kier alpha value is -4.07. The molecule has 2 N–H and O–H groups in total. The molecule has 0 saturated carbocycles. The lowest BCUT2D eigenvalue weighted by Gasteiger charge is -2.24. The molecule has 0 radical (unpaired) electrons. The Morgan fingerprint density at radius 2 is 2.14 bits per heavy atom. The number of carbonyl (C=O) groups excluding carboxylic acids is 2. The van der Waals surface area contributed by atoms with Crippen LogP contribution in [0, 0.1) is 11.3 Å². The van der Waals surface area contributed by atoms with Crippen LogP contribution in [0.1, 0.15) is 61.4 Å². The van der Waals surface area contributed by atoms with Crippen LogP contribution in [0.3, 0.4) is 0 Å². The number of fused-ring (bicyclic) bond motifs is 2. The van der Waals surface area contributed by atoms with Crippen molar-refractivity contribution in [1.82, 2.24) is 24.6 Å². The Labute approximate surface area is 211 Å². The van der Waals surface area contributed by atoms with Gasteiger partial charge in [-0.2, -0.15) is 5.26 Å². The first kappa shape index (κ1) is 22.4. The Morgan fingerprint density at radius 3 is 3.00 bits per heavy atom. The molecule has 1 aromatic carbocycles. The highest BCUT2D eigenvalue weighted by Gasteiger charge is 2.32. The molecule has 6 rings (SSSR count). The van der Waals surface area contributed by atoms with Crippen molar-refractivity contribution in [2.75, 3.05) is 18.4 Å². The maximum atomic E-state index is 13.4. The number of carbonyl (C=O) groups is 2. The molecule has 2 aliphatic heterocycles. The molecule has 2 amide bonds. The zero-order valence-corrected chi connectivity index (χ0v) is 20.2. The van der Waals surface area contributed by atoms with Gasteiger partial charge in [0.1, 0.15) is 11.3 Å². The molecule has 3 aromatic heterocycles. The molecule has 36 heavy (non-hydrogen) atoms. The summed E-state index contributed by atoms with van der Waals surface area (Å²) in [6.45, 7) is 2.31. The predicted octanol–water partition coefficient (Wildman–Crippen LogP) is 3.54. The largest absolute Gasteiger partial charge is 0.330 e. The van der Waals surface area contributed by atoms with Crippen LogP contribution in [0.5, 0.6) is 0 Å². The molecule has 180 valence electrons. The van der Waals surface area contributed by atoms with Gasteiger partial charge in [0.25, 0.3) is 11.8 Å². The van der Waals surface area contributed by atoms with E-state index in [0.29, 0.717) is 34.1 Å². The summed E-state index contributed by atoms with van der Waals surface area (Å²) in [5, 5.41) is 16.0. The first-order valence-corrected chi connectivity index (χ1v) is 12.7. The minimum absolute atomic E-state index is 0.136. The van der Waals surface area contributed by atoms with E-state index in [1.165, 1.54) is 16.2 Å². The number of imidazole rings is 1. The molecule has 0 spiro atoms. The van der Waals surface area contributed by atoms with Crippen molar-refractivity contribution in [2.45, 2.75) is 31.8 Å². The highest BCUT2D eigenvalue weighted by molar-refractivity contribution is 7.15. The molecule has 9 nitrogen and oxygen atoms in total. The summed E-state index contributed by atoms with van der Waals surface area (Å²) in [4.78, 5) is 38.4. The zero-order chi connectivity index (χ0) is 24.6. The minimum atomic E-state index is -0.208. The summed E-state index contributed by atoms with van der Waals surface area (Å²) >= 11 is 1.51. The van der Waals surface area contributed by atoms with E-state index >= 15 is 0 Å². The fourth-order valence-corrected chi connectivity index (χ4v) is 5.87. The van der Waals surface area contributed by atoms with Crippen LogP contribution in [0.2, 0.25) is 0 Å². The van der Waals surface area contributed by atoms with Gasteiger partial charge in [0.05, 0.1) is 23.4 Å².